The van der Waals surface area contributed by atoms with E-state index in [1.165, 1.54) is 4.90 Å². The third kappa shape index (κ3) is 4.30. The van der Waals surface area contributed by atoms with Crippen molar-refractivity contribution < 1.29 is 19.4 Å². The number of hydrogen-bond donors (Lipinski definition) is 1. The van der Waals surface area contributed by atoms with Gasteiger partial charge in [0.25, 0.3) is 11.7 Å². The quantitative estimate of drug-likeness (QED) is 0.395. The molecule has 1 fully saturated rings. The highest BCUT2D eigenvalue weighted by Crippen LogP contribution is 2.40. The molecule has 1 heterocycles. The van der Waals surface area contributed by atoms with Crippen molar-refractivity contribution in [3.05, 3.63) is 70.3 Å². The summed E-state index contributed by atoms with van der Waals surface area (Å²) < 4.78 is 5.62. The molecule has 1 aliphatic heterocycles. The third-order valence-electron chi connectivity index (χ3n) is 4.79. The molecule has 6 heteroatoms. The maximum atomic E-state index is 12.8. The summed E-state index contributed by atoms with van der Waals surface area (Å²) in [5.74, 6) is -0.753. The minimum atomic E-state index is -0.679. The van der Waals surface area contributed by atoms with E-state index >= 15 is 0 Å². The summed E-state index contributed by atoms with van der Waals surface area (Å²) in [5, 5.41) is 11.4. The Balaban J connectivity index is 2.07. The van der Waals surface area contributed by atoms with Gasteiger partial charge in [-0.1, -0.05) is 37.6 Å². The molecule has 0 saturated carbocycles. The SMILES string of the molecule is CCCOc1ccc(C2/C(=C(/O)c3ccc(Cl)cc3)C(=O)C(=O)N2CCC)cc1. The summed E-state index contributed by atoms with van der Waals surface area (Å²) in [7, 11) is 0. The lowest BCUT2D eigenvalue weighted by atomic mass is 9.95. The number of aliphatic hydroxyl groups is 1. The first-order valence-corrected chi connectivity index (χ1v) is 10.1. The predicted molar refractivity (Wildman–Crippen MR) is 113 cm³/mol. The van der Waals surface area contributed by atoms with Gasteiger partial charge in [0, 0.05) is 17.1 Å². The van der Waals surface area contributed by atoms with Gasteiger partial charge in [-0.2, -0.15) is 0 Å². The zero-order valence-electron chi connectivity index (χ0n) is 16.5. The number of likely N-dealkylation sites (tertiary alicyclic amines) is 1. The lowest BCUT2D eigenvalue weighted by Crippen LogP contribution is -2.30. The van der Waals surface area contributed by atoms with E-state index in [9.17, 15) is 14.7 Å². The fourth-order valence-corrected chi connectivity index (χ4v) is 3.55. The van der Waals surface area contributed by atoms with Crippen molar-refractivity contribution in [1.29, 1.82) is 0 Å². The first-order valence-electron chi connectivity index (χ1n) is 9.75. The molecule has 29 heavy (non-hydrogen) atoms. The number of ether oxygens (including phenoxy) is 1. The van der Waals surface area contributed by atoms with Crippen LogP contribution in [0.15, 0.2) is 54.1 Å². The zero-order chi connectivity index (χ0) is 21.0. The largest absolute Gasteiger partial charge is 0.507 e. The van der Waals surface area contributed by atoms with E-state index in [-0.39, 0.29) is 11.3 Å². The smallest absolute Gasteiger partial charge is 0.295 e. The second kappa shape index (κ2) is 9.14. The Kier molecular flexibility index (Phi) is 6.60. The molecule has 0 bridgehead atoms. The molecular weight excluding hydrogens is 390 g/mol. The Morgan fingerprint density at radius 1 is 1.03 bits per heavy atom. The summed E-state index contributed by atoms with van der Waals surface area (Å²) in [6.07, 6.45) is 1.60. The molecule has 3 rings (SSSR count). The molecule has 2 aromatic rings. The van der Waals surface area contributed by atoms with Crippen LogP contribution in [0.2, 0.25) is 5.02 Å². The highest BCUT2D eigenvalue weighted by molar-refractivity contribution is 6.46. The zero-order valence-corrected chi connectivity index (χ0v) is 17.3. The number of halogens is 1. The van der Waals surface area contributed by atoms with Crippen molar-refractivity contribution in [3.63, 3.8) is 0 Å². The number of rotatable bonds is 7. The van der Waals surface area contributed by atoms with Gasteiger partial charge in [0.15, 0.2) is 0 Å². The van der Waals surface area contributed by atoms with Crippen LogP contribution in [-0.4, -0.2) is 34.8 Å². The molecule has 152 valence electrons. The van der Waals surface area contributed by atoms with Crippen molar-refractivity contribution in [2.75, 3.05) is 13.2 Å². The van der Waals surface area contributed by atoms with Gasteiger partial charge < -0.3 is 14.7 Å². The highest BCUT2D eigenvalue weighted by atomic mass is 35.5. The maximum Gasteiger partial charge on any atom is 0.295 e. The highest BCUT2D eigenvalue weighted by Gasteiger charge is 2.45. The van der Waals surface area contributed by atoms with Crippen LogP contribution in [-0.2, 0) is 9.59 Å². The average Bonchev–Trinajstić information content (AvgIpc) is 2.98. The molecule has 2 aromatic carbocycles. The van der Waals surface area contributed by atoms with Crippen LogP contribution in [0.4, 0.5) is 0 Å². The van der Waals surface area contributed by atoms with Gasteiger partial charge in [-0.05, 0) is 54.8 Å². The van der Waals surface area contributed by atoms with Crippen LogP contribution in [0.3, 0.4) is 0 Å². The molecule has 0 aromatic heterocycles. The number of nitrogens with zero attached hydrogens (tertiary/aromatic N) is 1. The standard InChI is InChI=1S/C23H24ClNO4/c1-3-13-25-20(15-7-11-18(12-8-15)29-14-4-2)19(22(27)23(25)28)21(26)16-5-9-17(24)10-6-16/h5-12,20,26H,3-4,13-14H2,1-2H3/b21-19-. The van der Waals surface area contributed by atoms with E-state index in [4.69, 9.17) is 16.3 Å². The Bertz CT molecular complexity index is 919. The molecular formula is C23H24ClNO4. The summed E-state index contributed by atoms with van der Waals surface area (Å²) in [6, 6.07) is 13.2. The molecule has 0 spiro atoms. The topological polar surface area (TPSA) is 66.8 Å². The maximum absolute atomic E-state index is 12.8. The Labute approximate surface area is 175 Å². The van der Waals surface area contributed by atoms with Crippen LogP contribution in [0.5, 0.6) is 5.75 Å². The van der Waals surface area contributed by atoms with Crippen LogP contribution in [0, 0.1) is 0 Å². The number of ketones is 1. The van der Waals surface area contributed by atoms with Crippen molar-refractivity contribution in [1.82, 2.24) is 4.90 Å². The van der Waals surface area contributed by atoms with Gasteiger partial charge in [0.1, 0.15) is 11.5 Å². The van der Waals surface area contributed by atoms with Crippen molar-refractivity contribution in [2.24, 2.45) is 0 Å². The molecule has 1 aliphatic rings. The van der Waals surface area contributed by atoms with Gasteiger partial charge >= 0.3 is 0 Å². The number of benzene rings is 2. The monoisotopic (exact) mass is 413 g/mol. The van der Waals surface area contributed by atoms with E-state index in [0.29, 0.717) is 30.2 Å². The molecule has 1 N–H and O–H groups in total. The average molecular weight is 414 g/mol. The fraction of sp³-hybridized carbons (Fsp3) is 0.304. The summed E-state index contributed by atoms with van der Waals surface area (Å²) in [5.41, 5.74) is 1.28. The molecule has 5 nitrogen and oxygen atoms in total. The second-order valence-corrected chi connectivity index (χ2v) is 7.35. The lowest BCUT2D eigenvalue weighted by molar-refractivity contribution is -0.139. The van der Waals surface area contributed by atoms with E-state index < -0.39 is 17.7 Å². The Morgan fingerprint density at radius 3 is 2.28 bits per heavy atom. The number of amides is 1. The van der Waals surface area contributed by atoms with Crippen LogP contribution < -0.4 is 4.74 Å². The Morgan fingerprint density at radius 2 is 1.69 bits per heavy atom. The van der Waals surface area contributed by atoms with Gasteiger partial charge in [0.05, 0.1) is 18.2 Å². The summed E-state index contributed by atoms with van der Waals surface area (Å²) >= 11 is 5.93. The number of carbonyl (C=O) groups excluding carboxylic acids is 2. The minimum Gasteiger partial charge on any atom is -0.507 e. The van der Waals surface area contributed by atoms with Gasteiger partial charge in [0.2, 0.25) is 0 Å². The molecule has 1 saturated heterocycles. The van der Waals surface area contributed by atoms with Crippen LogP contribution in [0.1, 0.15) is 43.9 Å². The molecule has 1 amide bonds. The first kappa shape index (κ1) is 20.9. The predicted octanol–water partition coefficient (Wildman–Crippen LogP) is 4.96. The second-order valence-electron chi connectivity index (χ2n) is 6.92. The fourth-order valence-electron chi connectivity index (χ4n) is 3.43. The lowest BCUT2D eigenvalue weighted by Gasteiger charge is -2.25. The van der Waals surface area contributed by atoms with Gasteiger partial charge in [-0.25, -0.2) is 0 Å². The number of aliphatic hydroxyl groups excluding tert-OH is 1. The summed E-state index contributed by atoms with van der Waals surface area (Å²) in [6.45, 7) is 5.01. The normalized spacial score (nSPS) is 18.3. The first-order chi connectivity index (χ1) is 14.0. The van der Waals surface area contributed by atoms with E-state index in [2.05, 4.69) is 0 Å². The third-order valence-corrected chi connectivity index (χ3v) is 5.04. The van der Waals surface area contributed by atoms with Crippen molar-refractivity contribution >= 4 is 29.1 Å². The van der Waals surface area contributed by atoms with Crippen LogP contribution >= 0.6 is 11.6 Å². The number of Topliss-reactive ketones (excluding diaryl/α,β-unsaturated/α-hetero) is 1. The minimum absolute atomic E-state index is 0.0907. The van der Waals surface area contributed by atoms with Crippen molar-refractivity contribution in [2.45, 2.75) is 32.7 Å². The molecule has 1 unspecified atom stereocenters. The van der Waals surface area contributed by atoms with Gasteiger partial charge in [-0.15, -0.1) is 0 Å². The number of carbonyl (C=O) groups is 2. The van der Waals surface area contributed by atoms with Crippen molar-refractivity contribution in [3.8, 4) is 5.75 Å². The molecule has 0 aliphatic carbocycles. The molecule has 0 radical (unpaired) electrons. The summed E-state index contributed by atoms with van der Waals surface area (Å²) in [4.78, 5) is 27.0. The van der Waals surface area contributed by atoms with Crippen LogP contribution in [0.25, 0.3) is 5.76 Å². The van der Waals surface area contributed by atoms with E-state index in [1.807, 2.05) is 38.1 Å². The number of hydrogen-bond acceptors (Lipinski definition) is 4. The molecule has 1 atom stereocenters. The van der Waals surface area contributed by atoms with E-state index in [0.717, 1.165) is 17.7 Å². The van der Waals surface area contributed by atoms with Gasteiger partial charge in [-0.3, -0.25) is 9.59 Å². The Hall–Kier alpha value is -2.79. The van der Waals surface area contributed by atoms with E-state index in [1.54, 1.807) is 24.3 Å².